The van der Waals surface area contributed by atoms with Crippen molar-refractivity contribution in [1.29, 1.82) is 0 Å². The molecule has 2 fully saturated rings. The molecule has 23 heavy (non-hydrogen) atoms. The lowest BCUT2D eigenvalue weighted by atomic mass is 9.91. The van der Waals surface area contributed by atoms with Crippen LogP contribution in [0, 0.1) is 23.7 Å². The molecule has 3 rings (SSSR count). The molecule has 0 saturated carbocycles. The van der Waals surface area contributed by atoms with Crippen molar-refractivity contribution in [3.8, 4) is 5.75 Å². The van der Waals surface area contributed by atoms with Gasteiger partial charge in [-0.15, -0.1) is 0 Å². The summed E-state index contributed by atoms with van der Waals surface area (Å²) in [4.78, 5) is 4.88. The van der Waals surface area contributed by atoms with E-state index in [9.17, 15) is 5.11 Å². The van der Waals surface area contributed by atoms with Crippen LogP contribution in [0.15, 0.2) is 18.2 Å². The van der Waals surface area contributed by atoms with Gasteiger partial charge in [0.25, 0.3) is 0 Å². The molecule has 0 amide bonds. The minimum Gasteiger partial charge on any atom is -0.506 e. The SMILES string of the molecule is CC1CC(C)CN(c2ccc(O)c(N3CC(C)CC(C)C3)c2)C1. The number of aromatic hydroxyl groups is 1. The highest BCUT2D eigenvalue weighted by Crippen LogP contribution is 2.37. The zero-order valence-electron chi connectivity index (χ0n) is 15.1. The summed E-state index contributed by atoms with van der Waals surface area (Å²) in [7, 11) is 0. The summed E-state index contributed by atoms with van der Waals surface area (Å²) >= 11 is 0. The smallest absolute Gasteiger partial charge is 0.139 e. The number of nitrogens with zero attached hydrogens (tertiary/aromatic N) is 2. The van der Waals surface area contributed by atoms with Crippen molar-refractivity contribution in [2.24, 2.45) is 23.7 Å². The van der Waals surface area contributed by atoms with E-state index >= 15 is 0 Å². The predicted octanol–water partition coefficient (Wildman–Crippen LogP) is 4.36. The summed E-state index contributed by atoms with van der Waals surface area (Å²) in [5.74, 6) is 3.29. The van der Waals surface area contributed by atoms with Crippen molar-refractivity contribution in [2.45, 2.75) is 40.5 Å². The lowest BCUT2D eigenvalue weighted by molar-refractivity contribution is 0.352. The van der Waals surface area contributed by atoms with Crippen LogP contribution in [0.4, 0.5) is 11.4 Å². The van der Waals surface area contributed by atoms with Crippen molar-refractivity contribution in [1.82, 2.24) is 0 Å². The lowest BCUT2D eigenvalue weighted by Gasteiger charge is -2.39. The number of hydrogen-bond donors (Lipinski definition) is 1. The maximum absolute atomic E-state index is 10.4. The van der Waals surface area contributed by atoms with Gasteiger partial charge < -0.3 is 14.9 Å². The van der Waals surface area contributed by atoms with Crippen LogP contribution in [0.25, 0.3) is 0 Å². The largest absolute Gasteiger partial charge is 0.506 e. The maximum atomic E-state index is 10.4. The monoisotopic (exact) mass is 316 g/mol. The molecule has 1 aromatic carbocycles. The molecule has 2 aliphatic heterocycles. The Balaban J connectivity index is 1.84. The fourth-order valence-electron chi connectivity index (χ4n) is 4.70. The van der Waals surface area contributed by atoms with Crippen LogP contribution >= 0.6 is 0 Å². The van der Waals surface area contributed by atoms with Gasteiger partial charge in [0, 0.05) is 31.9 Å². The van der Waals surface area contributed by atoms with Crippen LogP contribution in [-0.4, -0.2) is 31.3 Å². The molecule has 1 aromatic rings. The highest BCUT2D eigenvalue weighted by Gasteiger charge is 2.26. The van der Waals surface area contributed by atoms with E-state index in [0.29, 0.717) is 17.6 Å². The third-order valence-electron chi connectivity index (χ3n) is 5.40. The van der Waals surface area contributed by atoms with Gasteiger partial charge in [-0.3, -0.25) is 0 Å². The molecule has 0 bridgehead atoms. The standard InChI is InChI=1S/C20H32N2O/c1-14-7-15(2)11-21(10-14)18-5-6-20(23)19(9-18)22-12-16(3)8-17(4)13-22/h5-6,9,14-17,23H,7-8,10-13H2,1-4H3. The molecule has 0 aliphatic carbocycles. The van der Waals surface area contributed by atoms with E-state index in [2.05, 4.69) is 49.6 Å². The lowest BCUT2D eigenvalue weighted by Crippen LogP contribution is -2.40. The molecule has 0 radical (unpaired) electrons. The number of piperidine rings is 2. The maximum Gasteiger partial charge on any atom is 0.139 e. The van der Waals surface area contributed by atoms with Crippen LogP contribution in [-0.2, 0) is 0 Å². The second-order valence-corrected chi connectivity index (χ2v) is 8.38. The Kier molecular flexibility index (Phi) is 4.74. The summed E-state index contributed by atoms with van der Waals surface area (Å²) in [5.41, 5.74) is 2.29. The second-order valence-electron chi connectivity index (χ2n) is 8.38. The molecule has 1 N–H and O–H groups in total. The van der Waals surface area contributed by atoms with Gasteiger partial charge in [0.05, 0.1) is 5.69 Å². The average Bonchev–Trinajstić information content (AvgIpc) is 2.45. The first-order chi connectivity index (χ1) is 10.9. The molecule has 2 saturated heterocycles. The Morgan fingerprint density at radius 2 is 1.26 bits per heavy atom. The van der Waals surface area contributed by atoms with E-state index in [-0.39, 0.29) is 0 Å². The highest BCUT2D eigenvalue weighted by molar-refractivity contribution is 5.67. The quantitative estimate of drug-likeness (QED) is 0.878. The molecule has 4 unspecified atom stereocenters. The van der Waals surface area contributed by atoms with E-state index in [1.165, 1.54) is 18.5 Å². The molecule has 0 spiro atoms. The van der Waals surface area contributed by atoms with Gasteiger partial charge in [-0.1, -0.05) is 27.7 Å². The third kappa shape index (κ3) is 3.76. The predicted molar refractivity (Wildman–Crippen MR) is 98.4 cm³/mol. The zero-order valence-corrected chi connectivity index (χ0v) is 15.1. The van der Waals surface area contributed by atoms with Crippen LogP contribution in [0.1, 0.15) is 40.5 Å². The highest BCUT2D eigenvalue weighted by atomic mass is 16.3. The molecular weight excluding hydrogens is 284 g/mol. The normalized spacial score (nSPS) is 32.2. The fourth-order valence-corrected chi connectivity index (χ4v) is 4.70. The van der Waals surface area contributed by atoms with Crippen LogP contribution in [0.2, 0.25) is 0 Å². The fraction of sp³-hybridized carbons (Fsp3) is 0.700. The van der Waals surface area contributed by atoms with Crippen LogP contribution in [0.5, 0.6) is 5.75 Å². The topological polar surface area (TPSA) is 26.7 Å². The molecule has 4 atom stereocenters. The number of benzene rings is 1. The minimum atomic E-state index is 0.424. The average molecular weight is 316 g/mol. The van der Waals surface area contributed by atoms with E-state index in [4.69, 9.17) is 0 Å². The number of phenolic OH excluding ortho intramolecular Hbond substituents is 1. The second kappa shape index (κ2) is 6.62. The third-order valence-corrected chi connectivity index (χ3v) is 5.40. The van der Waals surface area contributed by atoms with Gasteiger partial charge in [-0.05, 0) is 54.7 Å². The Bertz CT molecular complexity index is 524. The first-order valence-corrected chi connectivity index (χ1v) is 9.25. The van der Waals surface area contributed by atoms with Crippen molar-refractivity contribution in [3.63, 3.8) is 0 Å². The van der Waals surface area contributed by atoms with Gasteiger partial charge in [0.2, 0.25) is 0 Å². The minimum absolute atomic E-state index is 0.424. The summed E-state index contributed by atoms with van der Waals surface area (Å²) in [5, 5.41) is 10.4. The Labute approximate surface area is 141 Å². The zero-order chi connectivity index (χ0) is 16.6. The first kappa shape index (κ1) is 16.5. The molecular formula is C20H32N2O. The number of phenols is 1. The van der Waals surface area contributed by atoms with Gasteiger partial charge in [0.15, 0.2) is 0 Å². The first-order valence-electron chi connectivity index (χ1n) is 9.25. The summed E-state index contributed by atoms with van der Waals surface area (Å²) in [6, 6.07) is 6.18. The molecule has 2 heterocycles. The number of hydrogen-bond acceptors (Lipinski definition) is 3. The van der Waals surface area contributed by atoms with E-state index in [0.717, 1.165) is 43.7 Å². The summed E-state index contributed by atoms with van der Waals surface area (Å²) < 4.78 is 0. The Morgan fingerprint density at radius 3 is 1.78 bits per heavy atom. The van der Waals surface area contributed by atoms with E-state index < -0.39 is 0 Å². The molecule has 3 nitrogen and oxygen atoms in total. The van der Waals surface area contributed by atoms with Crippen molar-refractivity contribution in [2.75, 3.05) is 36.0 Å². The Morgan fingerprint density at radius 1 is 0.783 bits per heavy atom. The molecule has 0 aromatic heterocycles. The Hall–Kier alpha value is -1.38. The molecule has 128 valence electrons. The van der Waals surface area contributed by atoms with Gasteiger partial charge >= 0.3 is 0 Å². The molecule has 3 heteroatoms. The van der Waals surface area contributed by atoms with Crippen LogP contribution < -0.4 is 9.80 Å². The van der Waals surface area contributed by atoms with Crippen molar-refractivity contribution in [3.05, 3.63) is 18.2 Å². The van der Waals surface area contributed by atoms with Crippen molar-refractivity contribution < 1.29 is 5.11 Å². The number of anilines is 2. The van der Waals surface area contributed by atoms with Crippen molar-refractivity contribution >= 4 is 11.4 Å². The van der Waals surface area contributed by atoms with E-state index in [1.54, 1.807) is 0 Å². The van der Waals surface area contributed by atoms with Crippen LogP contribution in [0.3, 0.4) is 0 Å². The van der Waals surface area contributed by atoms with Gasteiger partial charge in [-0.25, -0.2) is 0 Å². The van der Waals surface area contributed by atoms with Gasteiger partial charge in [0.1, 0.15) is 5.75 Å². The summed E-state index contributed by atoms with van der Waals surface area (Å²) in [6.07, 6.45) is 2.61. The number of rotatable bonds is 2. The van der Waals surface area contributed by atoms with Gasteiger partial charge in [-0.2, -0.15) is 0 Å². The van der Waals surface area contributed by atoms with E-state index in [1.807, 2.05) is 6.07 Å². The summed E-state index contributed by atoms with van der Waals surface area (Å²) in [6.45, 7) is 13.7. The molecule has 2 aliphatic rings.